The fraction of sp³-hybridized carbons (Fsp3) is 0.333. The van der Waals surface area contributed by atoms with Crippen molar-refractivity contribution in [2.45, 2.75) is 18.9 Å². The van der Waals surface area contributed by atoms with Crippen LogP contribution in [0, 0.1) is 0 Å². The molecule has 0 spiro atoms. The summed E-state index contributed by atoms with van der Waals surface area (Å²) >= 11 is 0. The standard InChI is InChI=1S/C12H13N3O4/c13-10(16)9-2-1-5-15(9)11(17)7-3-4-14-8(6-7)12(18)19/h3-4,6,9H,1-2,5H2,(H2,13,16)(H,18,19). The van der Waals surface area contributed by atoms with E-state index in [9.17, 15) is 14.4 Å². The molecule has 1 atom stereocenters. The first kappa shape index (κ1) is 13.0. The number of aromatic nitrogens is 1. The van der Waals surface area contributed by atoms with Gasteiger partial charge in [0.2, 0.25) is 5.91 Å². The number of carbonyl (C=O) groups is 3. The molecule has 100 valence electrons. The molecule has 0 aliphatic carbocycles. The highest BCUT2D eigenvalue weighted by atomic mass is 16.4. The Hall–Kier alpha value is -2.44. The highest BCUT2D eigenvalue weighted by Crippen LogP contribution is 2.20. The summed E-state index contributed by atoms with van der Waals surface area (Å²) < 4.78 is 0. The lowest BCUT2D eigenvalue weighted by atomic mass is 10.1. The van der Waals surface area contributed by atoms with Crippen molar-refractivity contribution in [2.24, 2.45) is 5.73 Å². The third-order valence-corrected chi connectivity index (χ3v) is 3.07. The number of carbonyl (C=O) groups excluding carboxylic acids is 2. The van der Waals surface area contributed by atoms with E-state index in [0.717, 1.165) is 0 Å². The van der Waals surface area contributed by atoms with Crippen molar-refractivity contribution in [1.82, 2.24) is 9.88 Å². The number of hydrogen-bond acceptors (Lipinski definition) is 4. The molecule has 1 aliphatic rings. The van der Waals surface area contributed by atoms with Crippen LogP contribution in [0.15, 0.2) is 18.3 Å². The SMILES string of the molecule is NC(=O)C1CCCN1C(=O)c1ccnc(C(=O)O)c1. The van der Waals surface area contributed by atoms with Crippen molar-refractivity contribution in [1.29, 1.82) is 0 Å². The summed E-state index contributed by atoms with van der Waals surface area (Å²) in [5, 5.41) is 8.84. The zero-order valence-corrected chi connectivity index (χ0v) is 10.1. The number of aromatic carboxylic acids is 1. The Morgan fingerprint density at radius 2 is 2.16 bits per heavy atom. The van der Waals surface area contributed by atoms with E-state index in [-0.39, 0.29) is 11.3 Å². The van der Waals surface area contributed by atoms with E-state index < -0.39 is 23.8 Å². The minimum atomic E-state index is -1.21. The molecule has 0 aromatic carbocycles. The molecule has 7 nitrogen and oxygen atoms in total. The molecule has 1 aromatic rings. The van der Waals surface area contributed by atoms with Gasteiger partial charge in [-0.05, 0) is 25.0 Å². The van der Waals surface area contributed by atoms with Crippen LogP contribution in [0.1, 0.15) is 33.7 Å². The van der Waals surface area contributed by atoms with Crippen LogP contribution in [0.4, 0.5) is 0 Å². The number of rotatable bonds is 3. The van der Waals surface area contributed by atoms with E-state index in [1.165, 1.54) is 23.2 Å². The second-order valence-electron chi connectivity index (χ2n) is 4.29. The molecule has 1 aromatic heterocycles. The van der Waals surface area contributed by atoms with Crippen molar-refractivity contribution in [3.8, 4) is 0 Å². The van der Waals surface area contributed by atoms with Gasteiger partial charge in [0.1, 0.15) is 11.7 Å². The average molecular weight is 263 g/mol. The molecule has 2 rings (SSSR count). The second-order valence-corrected chi connectivity index (χ2v) is 4.29. The molecule has 2 heterocycles. The quantitative estimate of drug-likeness (QED) is 0.788. The number of nitrogens with zero attached hydrogens (tertiary/aromatic N) is 2. The Bertz CT molecular complexity index is 544. The van der Waals surface area contributed by atoms with E-state index in [2.05, 4.69) is 4.98 Å². The third kappa shape index (κ3) is 2.54. The molecule has 1 saturated heterocycles. The lowest BCUT2D eigenvalue weighted by Crippen LogP contribution is -2.43. The Labute approximate surface area is 109 Å². The summed E-state index contributed by atoms with van der Waals surface area (Å²) in [6.45, 7) is 0.442. The summed E-state index contributed by atoms with van der Waals surface area (Å²) in [4.78, 5) is 39.3. The Kier molecular flexibility index (Phi) is 3.46. The summed E-state index contributed by atoms with van der Waals surface area (Å²) in [6, 6.07) is 2.00. The average Bonchev–Trinajstić information content (AvgIpc) is 2.87. The molecule has 1 unspecified atom stereocenters. The molecule has 7 heteroatoms. The number of nitrogens with two attached hydrogens (primary N) is 1. The largest absolute Gasteiger partial charge is 0.477 e. The van der Waals surface area contributed by atoms with E-state index in [0.29, 0.717) is 19.4 Å². The predicted molar refractivity (Wildman–Crippen MR) is 64.4 cm³/mol. The van der Waals surface area contributed by atoms with Gasteiger partial charge in [-0.3, -0.25) is 9.59 Å². The Morgan fingerprint density at radius 1 is 1.42 bits per heavy atom. The molecule has 1 fully saturated rings. The first-order valence-electron chi connectivity index (χ1n) is 5.80. The van der Waals surface area contributed by atoms with Crippen LogP contribution in [-0.2, 0) is 4.79 Å². The smallest absolute Gasteiger partial charge is 0.354 e. The highest BCUT2D eigenvalue weighted by Gasteiger charge is 2.33. The van der Waals surface area contributed by atoms with Crippen LogP contribution < -0.4 is 5.73 Å². The molecule has 2 amide bonds. The number of carboxylic acid groups (broad SMARTS) is 1. The van der Waals surface area contributed by atoms with Crippen molar-refractivity contribution >= 4 is 17.8 Å². The zero-order chi connectivity index (χ0) is 14.0. The van der Waals surface area contributed by atoms with Crippen LogP contribution in [0.3, 0.4) is 0 Å². The van der Waals surface area contributed by atoms with Crippen LogP contribution >= 0.6 is 0 Å². The van der Waals surface area contributed by atoms with Gasteiger partial charge in [0, 0.05) is 18.3 Å². The van der Waals surface area contributed by atoms with E-state index >= 15 is 0 Å². The van der Waals surface area contributed by atoms with Gasteiger partial charge in [0.05, 0.1) is 0 Å². The van der Waals surface area contributed by atoms with Gasteiger partial charge in [0.25, 0.3) is 5.91 Å². The van der Waals surface area contributed by atoms with Crippen LogP contribution in [0.25, 0.3) is 0 Å². The second kappa shape index (κ2) is 5.05. The van der Waals surface area contributed by atoms with Gasteiger partial charge in [-0.15, -0.1) is 0 Å². The van der Waals surface area contributed by atoms with Gasteiger partial charge < -0.3 is 15.7 Å². The first-order valence-corrected chi connectivity index (χ1v) is 5.80. The van der Waals surface area contributed by atoms with Gasteiger partial charge >= 0.3 is 5.97 Å². The summed E-state index contributed by atoms with van der Waals surface area (Å²) in [5.74, 6) is -2.15. The molecule has 3 N–H and O–H groups in total. The summed E-state index contributed by atoms with van der Waals surface area (Å²) in [6.07, 6.45) is 2.50. The summed E-state index contributed by atoms with van der Waals surface area (Å²) in [5.41, 5.74) is 5.23. The monoisotopic (exact) mass is 263 g/mol. The lowest BCUT2D eigenvalue weighted by molar-refractivity contribution is -0.121. The fourth-order valence-electron chi connectivity index (χ4n) is 2.15. The molecule has 0 bridgehead atoms. The van der Waals surface area contributed by atoms with E-state index in [1.54, 1.807) is 0 Å². The number of carboxylic acids is 1. The Morgan fingerprint density at radius 3 is 2.79 bits per heavy atom. The fourth-order valence-corrected chi connectivity index (χ4v) is 2.15. The molecule has 0 radical (unpaired) electrons. The zero-order valence-electron chi connectivity index (χ0n) is 10.1. The lowest BCUT2D eigenvalue weighted by Gasteiger charge is -2.22. The van der Waals surface area contributed by atoms with Crippen LogP contribution in [-0.4, -0.2) is 45.4 Å². The molecule has 19 heavy (non-hydrogen) atoms. The van der Waals surface area contributed by atoms with E-state index in [1.807, 2.05) is 0 Å². The molecule has 0 saturated carbocycles. The maximum atomic E-state index is 12.2. The first-order chi connectivity index (χ1) is 9.00. The number of hydrogen-bond donors (Lipinski definition) is 2. The summed E-state index contributed by atoms with van der Waals surface area (Å²) in [7, 11) is 0. The third-order valence-electron chi connectivity index (χ3n) is 3.07. The van der Waals surface area contributed by atoms with E-state index in [4.69, 9.17) is 10.8 Å². The normalized spacial score (nSPS) is 18.3. The topological polar surface area (TPSA) is 114 Å². The van der Waals surface area contributed by atoms with Gasteiger partial charge in [-0.1, -0.05) is 0 Å². The number of primary amides is 1. The minimum absolute atomic E-state index is 0.195. The Balaban J connectivity index is 2.26. The number of pyridine rings is 1. The van der Waals surface area contributed by atoms with Crippen LogP contribution in [0.2, 0.25) is 0 Å². The van der Waals surface area contributed by atoms with Gasteiger partial charge in [-0.25, -0.2) is 9.78 Å². The highest BCUT2D eigenvalue weighted by molar-refractivity contribution is 5.99. The maximum Gasteiger partial charge on any atom is 0.354 e. The maximum absolute atomic E-state index is 12.2. The number of likely N-dealkylation sites (tertiary alicyclic amines) is 1. The molecular weight excluding hydrogens is 250 g/mol. The van der Waals surface area contributed by atoms with Crippen molar-refractivity contribution in [3.05, 3.63) is 29.6 Å². The van der Waals surface area contributed by atoms with Crippen molar-refractivity contribution in [2.75, 3.05) is 6.54 Å². The van der Waals surface area contributed by atoms with Crippen molar-refractivity contribution in [3.63, 3.8) is 0 Å². The number of amides is 2. The van der Waals surface area contributed by atoms with Crippen LogP contribution in [0.5, 0.6) is 0 Å². The van der Waals surface area contributed by atoms with Gasteiger partial charge in [0.15, 0.2) is 0 Å². The minimum Gasteiger partial charge on any atom is -0.477 e. The molecule has 1 aliphatic heterocycles. The molecular formula is C12H13N3O4. The van der Waals surface area contributed by atoms with Gasteiger partial charge in [-0.2, -0.15) is 0 Å². The predicted octanol–water partition coefficient (Wildman–Crippen LogP) is -0.130. The van der Waals surface area contributed by atoms with Crippen molar-refractivity contribution < 1.29 is 19.5 Å².